The Morgan fingerprint density at radius 1 is 1.12 bits per heavy atom. The van der Waals surface area contributed by atoms with Gasteiger partial charge in [-0.15, -0.1) is 24.5 Å². The molecule has 2 aromatic heterocycles. The molecule has 0 bridgehead atoms. The number of sulfonamides is 1. The second kappa shape index (κ2) is 17.7. The van der Waals surface area contributed by atoms with Crippen LogP contribution in [0.25, 0.3) is 21.6 Å². The molecule has 1 aromatic carbocycles. The van der Waals surface area contributed by atoms with Crippen molar-refractivity contribution in [3.05, 3.63) is 60.1 Å². The maximum atomic E-state index is 14.4. The Hall–Kier alpha value is -4.34. The molecule has 0 radical (unpaired) electrons. The van der Waals surface area contributed by atoms with E-state index in [1.807, 2.05) is 43.5 Å². The van der Waals surface area contributed by atoms with Gasteiger partial charge in [-0.2, -0.15) is 0 Å². The van der Waals surface area contributed by atoms with Gasteiger partial charge in [-0.25, -0.2) is 18.4 Å². The first kappa shape index (κ1) is 42.3. The standard InChI is InChI=1S/C42H55N5O8S2/c1-8-11-12-13-14-15-35(54-10-3)40(49)47-23-28(20-33(47)38(48)45-42(22-27(42)9-2)41(50)46-57(51,52)29-16-17-29)55-36-21-31(39-44-32(24-56-39)25(4)5)43-37-26(6)34(53-7)19-18-30(36)37/h8-9,18-19,21,24-25,27-29,33,35H,1-2,10-17,20,22-23H2,3-7H3,(H,45,48)(H,46,50)/t27-,28-,33+,35?,42-/m1/s1. The van der Waals surface area contributed by atoms with E-state index >= 15 is 0 Å². The summed E-state index contributed by atoms with van der Waals surface area (Å²) in [5.41, 5.74) is 1.57. The minimum Gasteiger partial charge on any atom is -0.496 e. The number of likely N-dealkylation sites (tertiary alicyclic amines) is 1. The Balaban J connectivity index is 1.32. The molecule has 1 unspecified atom stereocenters. The molecule has 308 valence electrons. The topological polar surface area (TPSA) is 166 Å². The zero-order valence-corrected chi connectivity index (χ0v) is 35.2. The molecule has 2 saturated carbocycles. The number of methoxy groups -OCH3 is 1. The molecule has 6 rings (SSSR count). The van der Waals surface area contributed by atoms with Crippen molar-refractivity contribution in [3.8, 4) is 22.2 Å². The highest BCUT2D eigenvalue weighted by atomic mass is 32.2. The highest BCUT2D eigenvalue weighted by Gasteiger charge is 2.62. The van der Waals surface area contributed by atoms with Crippen LogP contribution in [0.15, 0.2) is 48.9 Å². The van der Waals surface area contributed by atoms with Crippen LogP contribution in [0.4, 0.5) is 0 Å². The molecular weight excluding hydrogens is 767 g/mol. The van der Waals surface area contributed by atoms with Crippen LogP contribution in [-0.2, 0) is 29.1 Å². The summed E-state index contributed by atoms with van der Waals surface area (Å²) in [7, 11) is -2.27. The van der Waals surface area contributed by atoms with Crippen molar-refractivity contribution in [3.63, 3.8) is 0 Å². The van der Waals surface area contributed by atoms with Gasteiger partial charge in [0.1, 0.15) is 46.0 Å². The second-order valence-electron chi connectivity index (χ2n) is 15.6. The predicted molar refractivity (Wildman–Crippen MR) is 221 cm³/mol. The highest BCUT2D eigenvalue weighted by molar-refractivity contribution is 7.91. The van der Waals surface area contributed by atoms with Crippen molar-refractivity contribution < 1.29 is 37.0 Å². The summed E-state index contributed by atoms with van der Waals surface area (Å²) < 4.78 is 46.2. The molecule has 0 spiro atoms. The van der Waals surface area contributed by atoms with Crippen molar-refractivity contribution in [1.29, 1.82) is 0 Å². The van der Waals surface area contributed by atoms with Crippen molar-refractivity contribution in [2.24, 2.45) is 5.92 Å². The number of nitrogens with one attached hydrogen (secondary N) is 2. The van der Waals surface area contributed by atoms with E-state index in [4.69, 9.17) is 24.2 Å². The molecule has 2 aliphatic carbocycles. The van der Waals surface area contributed by atoms with Crippen LogP contribution >= 0.6 is 11.3 Å². The summed E-state index contributed by atoms with van der Waals surface area (Å²) >= 11 is 1.50. The highest BCUT2D eigenvalue weighted by Crippen LogP contribution is 2.46. The van der Waals surface area contributed by atoms with Crippen molar-refractivity contribution >= 4 is 50.0 Å². The number of hydrogen-bond donors (Lipinski definition) is 2. The zero-order chi connectivity index (χ0) is 41.1. The number of amides is 3. The number of nitrogens with zero attached hydrogens (tertiary/aromatic N) is 3. The zero-order valence-electron chi connectivity index (χ0n) is 33.5. The number of aryl methyl sites for hydroxylation is 1. The smallest absolute Gasteiger partial charge is 0.259 e. The molecule has 13 nitrogen and oxygen atoms in total. The molecule has 3 aromatic rings. The summed E-state index contributed by atoms with van der Waals surface area (Å²) in [5, 5.41) is 5.74. The quantitative estimate of drug-likeness (QED) is 0.0968. The van der Waals surface area contributed by atoms with Crippen LogP contribution < -0.4 is 19.5 Å². The third-order valence-electron chi connectivity index (χ3n) is 11.1. The lowest BCUT2D eigenvalue weighted by molar-refractivity contribution is -0.149. The van der Waals surface area contributed by atoms with Gasteiger partial charge in [0.2, 0.25) is 15.9 Å². The average Bonchev–Trinajstić information content (AvgIpc) is 4.07. The Kier molecular flexibility index (Phi) is 13.1. The molecular formula is C42H55N5O8S2. The number of aromatic nitrogens is 2. The van der Waals surface area contributed by atoms with Gasteiger partial charge in [0.05, 0.1) is 30.1 Å². The van der Waals surface area contributed by atoms with Gasteiger partial charge in [-0.3, -0.25) is 19.1 Å². The van der Waals surface area contributed by atoms with E-state index in [1.165, 1.54) is 16.2 Å². The van der Waals surface area contributed by atoms with E-state index in [0.29, 0.717) is 48.6 Å². The van der Waals surface area contributed by atoms with E-state index in [9.17, 15) is 22.8 Å². The fourth-order valence-electron chi connectivity index (χ4n) is 7.51. The Morgan fingerprint density at radius 3 is 2.53 bits per heavy atom. The van der Waals surface area contributed by atoms with E-state index in [1.54, 1.807) is 13.2 Å². The van der Waals surface area contributed by atoms with E-state index in [0.717, 1.165) is 47.3 Å². The lowest BCUT2D eigenvalue weighted by Gasteiger charge is -2.29. The Morgan fingerprint density at radius 2 is 1.89 bits per heavy atom. The molecule has 15 heteroatoms. The average molecular weight is 822 g/mol. The largest absolute Gasteiger partial charge is 0.496 e. The number of pyridine rings is 1. The summed E-state index contributed by atoms with van der Waals surface area (Å²) in [4.78, 5) is 53.8. The van der Waals surface area contributed by atoms with Crippen LogP contribution in [0.2, 0.25) is 0 Å². The number of carbonyl (C=O) groups excluding carboxylic acids is 3. The van der Waals surface area contributed by atoms with Crippen LogP contribution in [0.3, 0.4) is 0 Å². The summed E-state index contributed by atoms with van der Waals surface area (Å²) in [6.07, 6.45) is 7.16. The SMILES string of the molecule is C=CCCCCCC(OCC)C(=O)N1C[C@H](Oc2cc(-c3nc(C(C)C)cs3)nc3c(C)c(OC)ccc23)C[C@H]1C(=O)N[C@]1(C(=O)NS(=O)(=O)C2CC2)C[C@H]1C=C. The number of thiazole rings is 1. The van der Waals surface area contributed by atoms with Gasteiger partial charge in [0, 0.05) is 41.3 Å². The van der Waals surface area contributed by atoms with Gasteiger partial charge in [0.15, 0.2) is 0 Å². The van der Waals surface area contributed by atoms with Gasteiger partial charge >= 0.3 is 0 Å². The summed E-state index contributed by atoms with van der Waals surface area (Å²) in [5.74, 6) is -0.792. The molecule has 3 fully saturated rings. The van der Waals surface area contributed by atoms with E-state index < -0.39 is 56.8 Å². The van der Waals surface area contributed by atoms with Crippen LogP contribution in [-0.4, -0.2) is 90.3 Å². The summed E-state index contributed by atoms with van der Waals surface area (Å²) in [6.45, 7) is 15.9. The lowest BCUT2D eigenvalue weighted by Crippen LogP contribution is -2.57. The third-order valence-corrected chi connectivity index (χ3v) is 13.8. The lowest BCUT2D eigenvalue weighted by atomic mass is 10.1. The number of allylic oxidation sites excluding steroid dienone is 1. The van der Waals surface area contributed by atoms with Crippen molar-refractivity contribution in [1.82, 2.24) is 24.9 Å². The molecule has 3 aliphatic rings. The fraction of sp³-hybridized carbons (Fsp3) is 0.548. The number of ether oxygens (including phenoxy) is 3. The van der Waals surface area contributed by atoms with Crippen LogP contribution in [0.1, 0.15) is 95.7 Å². The van der Waals surface area contributed by atoms with E-state index in [2.05, 4.69) is 37.0 Å². The molecule has 2 N–H and O–H groups in total. The first-order chi connectivity index (χ1) is 27.3. The molecule has 1 aliphatic heterocycles. The van der Waals surface area contributed by atoms with Gasteiger partial charge in [-0.1, -0.05) is 38.8 Å². The predicted octanol–water partition coefficient (Wildman–Crippen LogP) is 6.36. The number of benzene rings is 1. The van der Waals surface area contributed by atoms with Gasteiger partial charge < -0.3 is 24.4 Å². The number of unbranched alkanes of at least 4 members (excludes halogenated alkanes) is 3. The first-order valence-electron chi connectivity index (χ1n) is 19.9. The molecule has 5 atom stereocenters. The Labute approximate surface area is 339 Å². The minimum atomic E-state index is -3.88. The van der Waals surface area contributed by atoms with Crippen molar-refractivity contribution in [2.45, 2.75) is 120 Å². The maximum absolute atomic E-state index is 14.4. The van der Waals surface area contributed by atoms with Gasteiger partial charge in [-0.05, 0) is 70.4 Å². The fourth-order valence-corrected chi connectivity index (χ4v) is 9.81. The molecule has 3 heterocycles. The number of fused-ring (bicyclic) bond motifs is 1. The molecule has 3 amide bonds. The van der Waals surface area contributed by atoms with Crippen LogP contribution in [0, 0.1) is 12.8 Å². The first-order valence-corrected chi connectivity index (χ1v) is 22.3. The van der Waals surface area contributed by atoms with Crippen LogP contribution in [0.5, 0.6) is 11.5 Å². The molecule has 1 saturated heterocycles. The maximum Gasteiger partial charge on any atom is 0.259 e. The molecule has 57 heavy (non-hydrogen) atoms. The van der Waals surface area contributed by atoms with Crippen molar-refractivity contribution in [2.75, 3.05) is 20.3 Å². The summed E-state index contributed by atoms with van der Waals surface area (Å²) in [6, 6.07) is 4.55. The third kappa shape index (κ3) is 9.20. The van der Waals surface area contributed by atoms with E-state index in [-0.39, 0.29) is 31.2 Å². The minimum absolute atomic E-state index is 0.0696. The normalized spacial score (nSPS) is 22.3. The second-order valence-corrected chi connectivity index (χ2v) is 18.4. The Bertz CT molecular complexity index is 2120. The monoisotopic (exact) mass is 821 g/mol. The number of rotatable bonds is 20. The number of hydrogen-bond acceptors (Lipinski definition) is 11. The number of carbonyl (C=O) groups is 3. The van der Waals surface area contributed by atoms with Gasteiger partial charge in [0.25, 0.3) is 11.8 Å².